The molecule has 5 heteroatoms. The summed E-state index contributed by atoms with van der Waals surface area (Å²) < 4.78 is 14.0. The molecule has 0 aromatic heterocycles. The van der Waals surface area contributed by atoms with Crippen molar-refractivity contribution >= 4 is 39.1 Å². The number of hydrogen-bond acceptors (Lipinski definition) is 1. The molecule has 0 saturated heterocycles. The van der Waals surface area contributed by atoms with Gasteiger partial charge in [0.1, 0.15) is 11.9 Å². The molecular weight excluding hydrogens is 342 g/mol. The summed E-state index contributed by atoms with van der Waals surface area (Å²) in [6, 6.07) is 8.92. The Morgan fingerprint density at radius 2 is 1.72 bits per heavy atom. The molecule has 0 spiro atoms. The van der Waals surface area contributed by atoms with Crippen molar-refractivity contribution in [3.8, 4) is 0 Å². The first-order valence-electron chi connectivity index (χ1n) is 5.07. The molecule has 1 atom stereocenters. The number of aliphatic hydroxyl groups excluding tert-OH is 1. The average Bonchev–Trinajstić information content (AvgIpc) is 2.31. The van der Waals surface area contributed by atoms with Crippen LogP contribution in [0.3, 0.4) is 0 Å². The van der Waals surface area contributed by atoms with Crippen molar-refractivity contribution < 1.29 is 9.50 Å². The Bertz CT molecular complexity index is 589. The SMILES string of the molecule is OC(c1ccc(Br)cc1Cl)c1cc(F)ccc1Cl. The van der Waals surface area contributed by atoms with Gasteiger partial charge in [-0.2, -0.15) is 0 Å². The van der Waals surface area contributed by atoms with Crippen molar-refractivity contribution in [2.45, 2.75) is 6.10 Å². The molecule has 1 N–H and O–H groups in total. The van der Waals surface area contributed by atoms with Crippen LogP contribution in [0.5, 0.6) is 0 Å². The summed E-state index contributed by atoms with van der Waals surface area (Å²) in [4.78, 5) is 0. The zero-order valence-corrected chi connectivity index (χ0v) is 12.1. The van der Waals surface area contributed by atoms with Crippen molar-refractivity contribution in [3.63, 3.8) is 0 Å². The highest BCUT2D eigenvalue weighted by Gasteiger charge is 2.17. The van der Waals surface area contributed by atoms with Gasteiger partial charge in [-0.3, -0.25) is 0 Å². The largest absolute Gasteiger partial charge is 0.384 e. The predicted molar refractivity (Wildman–Crippen MR) is 74.6 cm³/mol. The molecule has 0 aliphatic carbocycles. The van der Waals surface area contributed by atoms with E-state index >= 15 is 0 Å². The van der Waals surface area contributed by atoms with Crippen LogP contribution in [0.25, 0.3) is 0 Å². The Kier molecular flexibility index (Phi) is 4.28. The van der Waals surface area contributed by atoms with Gasteiger partial charge >= 0.3 is 0 Å². The highest BCUT2D eigenvalue weighted by atomic mass is 79.9. The van der Waals surface area contributed by atoms with E-state index in [0.29, 0.717) is 21.2 Å². The molecule has 2 aromatic rings. The van der Waals surface area contributed by atoms with E-state index in [9.17, 15) is 9.50 Å². The zero-order chi connectivity index (χ0) is 13.3. The van der Waals surface area contributed by atoms with E-state index in [-0.39, 0.29) is 0 Å². The second-order valence-corrected chi connectivity index (χ2v) is 5.46. The highest BCUT2D eigenvalue weighted by molar-refractivity contribution is 9.10. The zero-order valence-electron chi connectivity index (χ0n) is 9.00. The summed E-state index contributed by atoms with van der Waals surface area (Å²) in [5.74, 6) is -0.457. The van der Waals surface area contributed by atoms with Crippen molar-refractivity contribution in [3.05, 3.63) is 67.9 Å². The molecule has 2 aromatic carbocycles. The summed E-state index contributed by atoms with van der Waals surface area (Å²) in [5, 5.41) is 10.9. The molecule has 18 heavy (non-hydrogen) atoms. The third-order valence-electron chi connectivity index (χ3n) is 2.51. The first kappa shape index (κ1) is 13.8. The number of rotatable bonds is 2. The molecule has 1 unspecified atom stereocenters. The van der Waals surface area contributed by atoms with Crippen LogP contribution >= 0.6 is 39.1 Å². The Morgan fingerprint density at radius 1 is 1.00 bits per heavy atom. The maximum Gasteiger partial charge on any atom is 0.123 e. The lowest BCUT2D eigenvalue weighted by Gasteiger charge is -2.15. The first-order chi connectivity index (χ1) is 8.49. The number of benzene rings is 2. The molecule has 0 aliphatic heterocycles. The van der Waals surface area contributed by atoms with E-state index in [2.05, 4.69) is 15.9 Å². The van der Waals surface area contributed by atoms with E-state index in [0.717, 1.165) is 4.47 Å². The van der Waals surface area contributed by atoms with Gasteiger partial charge in [0, 0.05) is 25.6 Å². The number of hydrogen-bond donors (Lipinski definition) is 1. The van der Waals surface area contributed by atoms with Crippen LogP contribution in [-0.2, 0) is 0 Å². The lowest BCUT2D eigenvalue weighted by atomic mass is 10.0. The normalized spacial score (nSPS) is 12.5. The quantitative estimate of drug-likeness (QED) is 0.810. The molecule has 0 bridgehead atoms. The molecule has 2 rings (SSSR count). The van der Waals surface area contributed by atoms with Crippen molar-refractivity contribution in [2.24, 2.45) is 0 Å². The van der Waals surface area contributed by atoms with Gasteiger partial charge in [-0.1, -0.05) is 45.2 Å². The summed E-state index contributed by atoms with van der Waals surface area (Å²) in [6.45, 7) is 0. The lowest BCUT2D eigenvalue weighted by molar-refractivity contribution is 0.220. The van der Waals surface area contributed by atoms with Gasteiger partial charge in [-0.25, -0.2) is 4.39 Å². The van der Waals surface area contributed by atoms with E-state index in [4.69, 9.17) is 23.2 Å². The van der Waals surface area contributed by atoms with Crippen molar-refractivity contribution in [2.75, 3.05) is 0 Å². The molecule has 0 saturated carbocycles. The molecular formula is C13H8BrCl2FO. The molecule has 0 amide bonds. The minimum Gasteiger partial charge on any atom is -0.384 e. The molecule has 0 fully saturated rings. The van der Waals surface area contributed by atoms with Gasteiger partial charge in [0.25, 0.3) is 0 Å². The Labute approximate surface area is 122 Å². The van der Waals surface area contributed by atoms with Crippen LogP contribution in [0.15, 0.2) is 40.9 Å². The molecule has 1 nitrogen and oxygen atoms in total. The number of halogens is 4. The van der Waals surface area contributed by atoms with Crippen LogP contribution in [0.4, 0.5) is 4.39 Å². The second kappa shape index (κ2) is 5.57. The van der Waals surface area contributed by atoms with Gasteiger partial charge in [0.15, 0.2) is 0 Å². The fraction of sp³-hybridized carbons (Fsp3) is 0.0769. The minimum atomic E-state index is -1.06. The van der Waals surface area contributed by atoms with Gasteiger partial charge in [0.2, 0.25) is 0 Å². The monoisotopic (exact) mass is 348 g/mol. The van der Waals surface area contributed by atoms with Crippen molar-refractivity contribution in [1.29, 1.82) is 0 Å². The van der Waals surface area contributed by atoms with Crippen LogP contribution in [0.2, 0.25) is 10.0 Å². The molecule has 0 heterocycles. The van der Waals surface area contributed by atoms with E-state index in [1.54, 1.807) is 18.2 Å². The highest BCUT2D eigenvalue weighted by Crippen LogP contribution is 2.33. The van der Waals surface area contributed by atoms with Gasteiger partial charge < -0.3 is 5.11 Å². The smallest absolute Gasteiger partial charge is 0.123 e. The Hall–Kier alpha value is -0.610. The van der Waals surface area contributed by atoms with Crippen LogP contribution < -0.4 is 0 Å². The topological polar surface area (TPSA) is 20.2 Å². The van der Waals surface area contributed by atoms with Crippen LogP contribution in [-0.4, -0.2) is 5.11 Å². The third kappa shape index (κ3) is 2.86. The standard InChI is InChI=1S/C13H8BrCl2FO/c14-7-1-3-9(12(16)5-7)13(18)10-6-8(17)2-4-11(10)15/h1-6,13,18H. The van der Waals surface area contributed by atoms with Crippen LogP contribution in [0, 0.1) is 5.82 Å². The number of aliphatic hydroxyl groups is 1. The summed E-state index contributed by atoms with van der Waals surface area (Å²) in [7, 11) is 0. The lowest BCUT2D eigenvalue weighted by Crippen LogP contribution is -2.02. The maximum atomic E-state index is 13.2. The fourth-order valence-corrected chi connectivity index (χ4v) is 2.61. The first-order valence-corrected chi connectivity index (χ1v) is 6.62. The minimum absolute atomic E-state index is 0.292. The summed E-state index contributed by atoms with van der Waals surface area (Å²) in [5.41, 5.74) is 0.772. The van der Waals surface area contributed by atoms with Gasteiger partial charge in [0.05, 0.1) is 0 Å². The summed E-state index contributed by atoms with van der Waals surface area (Å²) in [6.07, 6.45) is -1.06. The van der Waals surface area contributed by atoms with Gasteiger partial charge in [-0.15, -0.1) is 0 Å². The third-order valence-corrected chi connectivity index (χ3v) is 3.67. The Balaban J connectivity index is 2.47. The van der Waals surface area contributed by atoms with Gasteiger partial charge in [-0.05, 0) is 30.3 Å². The van der Waals surface area contributed by atoms with E-state index in [1.807, 2.05) is 0 Å². The predicted octanol–water partition coefficient (Wildman–Crippen LogP) is 4.98. The average molecular weight is 350 g/mol. The maximum absolute atomic E-state index is 13.2. The Morgan fingerprint density at radius 3 is 2.39 bits per heavy atom. The van der Waals surface area contributed by atoms with Crippen LogP contribution in [0.1, 0.15) is 17.2 Å². The van der Waals surface area contributed by atoms with E-state index < -0.39 is 11.9 Å². The second-order valence-electron chi connectivity index (χ2n) is 3.73. The summed E-state index contributed by atoms with van der Waals surface area (Å²) >= 11 is 15.3. The van der Waals surface area contributed by atoms with Crippen molar-refractivity contribution in [1.82, 2.24) is 0 Å². The molecule has 94 valence electrons. The molecule has 0 aliphatic rings. The van der Waals surface area contributed by atoms with E-state index in [1.165, 1.54) is 18.2 Å². The fourth-order valence-electron chi connectivity index (χ4n) is 1.61. The molecule has 0 radical (unpaired) electrons.